The Morgan fingerprint density at radius 3 is 2.81 bits per heavy atom. The Hall–Kier alpha value is -0.960. The van der Waals surface area contributed by atoms with Gasteiger partial charge in [0, 0.05) is 4.47 Å². The summed E-state index contributed by atoms with van der Waals surface area (Å²) in [7, 11) is 0. The van der Waals surface area contributed by atoms with Crippen molar-refractivity contribution in [2.45, 2.75) is 19.8 Å². The molecule has 0 aromatic heterocycles. The molecule has 9 heteroatoms. The number of amides is 4. The Bertz CT molecular complexity index is 561. The second-order valence-corrected chi connectivity index (χ2v) is 6.33. The number of unbranched alkanes of at least 4 members (excludes halogenated alkanes) is 1. The van der Waals surface area contributed by atoms with Crippen molar-refractivity contribution in [3.05, 3.63) is 27.7 Å². The van der Waals surface area contributed by atoms with Crippen LogP contribution in [0.25, 0.3) is 0 Å². The first kappa shape index (κ1) is 16.4. The molecule has 0 saturated carbocycles. The van der Waals surface area contributed by atoms with Gasteiger partial charge in [-0.05, 0) is 24.6 Å². The molecule has 0 aliphatic carbocycles. The zero-order valence-electron chi connectivity index (χ0n) is 11.1. The fraction of sp³-hybridized carbons (Fsp3) is 0.333. The number of imide groups is 1. The summed E-state index contributed by atoms with van der Waals surface area (Å²) < 4.78 is 3.10. The van der Waals surface area contributed by atoms with Crippen LogP contribution in [0.2, 0.25) is 5.02 Å². The largest absolute Gasteiger partial charge is 0.361 e. The molecular weight excluding hydrogens is 382 g/mol. The van der Waals surface area contributed by atoms with E-state index in [1.807, 2.05) is 6.92 Å². The van der Waals surface area contributed by atoms with Crippen LogP contribution in [-0.2, 0) is 4.84 Å². The van der Waals surface area contributed by atoms with Crippen molar-refractivity contribution in [1.29, 1.82) is 0 Å². The van der Waals surface area contributed by atoms with E-state index in [0.717, 1.165) is 33.9 Å². The monoisotopic (exact) mass is 393 g/mol. The molecule has 114 valence electrons. The molecule has 1 aromatic rings. The molecule has 0 bridgehead atoms. The predicted octanol–water partition coefficient (Wildman–Crippen LogP) is 4.35. The van der Waals surface area contributed by atoms with Gasteiger partial charge in [0.2, 0.25) is 0 Å². The Labute approximate surface area is 140 Å². The minimum absolute atomic E-state index is 0.384. The fourth-order valence-corrected chi connectivity index (χ4v) is 3.07. The van der Waals surface area contributed by atoms with Gasteiger partial charge in [0.25, 0.3) is 0 Å². The van der Waals surface area contributed by atoms with Crippen LogP contribution < -0.4 is 9.62 Å². The molecule has 1 N–H and O–H groups in total. The lowest BCUT2D eigenvalue weighted by molar-refractivity contribution is -0.0409. The van der Waals surface area contributed by atoms with Crippen molar-refractivity contribution >= 4 is 57.4 Å². The van der Waals surface area contributed by atoms with Gasteiger partial charge in [0.1, 0.15) is 12.1 Å². The van der Waals surface area contributed by atoms with Gasteiger partial charge in [-0.15, -0.1) is 4.47 Å². The molecular formula is C12H13BrClN3O3S. The van der Waals surface area contributed by atoms with Crippen LogP contribution in [0.4, 0.5) is 15.3 Å². The van der Waals surface area contributed by atoms with Gasteiger partial charge in [-0.1, -0.05) is 40.9 Å². The summed E-state index contributed by atoms with van der Waals surface area (Å²) in [6.07, 6.45) is 1.76. The van der Waals surface area contributed by atoms with Crippen molar-refractivity contribution in [3.63, 3.8) is 0 Å². The van der Waals surface area contributed by atoms with Crippen molar-refractivity contribution in [2.24, 2.45) is 0 Å². The minimum atomic E-state index is -0.606. The molecule has 0 spiro atoms. The molecule has 1 aromatic carbocycles. The Morgan fingerprint density at radius 1 is 1.38 bits per heavy atom. The summed E-state index contributed by atoms with van der Waals surface area (Å²) in [5, 5.41) is 2.59. The number of urea groups is 2. The lowest BCUT2D eigenvalue weighted by atomic mass is 10.3. The number of anilines is 1. The van der Waals surface area contributed by atoms with Crippen LogP contribution >= 0.6 is 39.7 Å². The third kappa shape index (κ3) is 4.03. The molecule has 21 heavy (non-hydrogen) atoms. The summed E-state index contributed by atoms with van der Waals surface area (Å²) in [4.78, 5) is 29.0. The van der Waals surface area contributed by atoms with E-state index in [9.17, 15) is 9.59 Å². The van der Waals surface area contributed by atoms with E-state index in [0.29, 0.717) is 17.3 Å². The van der Waals surface area contributed by atoms with E-state index in [1.165, 1.54) is 4.31 Å². The van der Waals surface area contributed by atoms with Crippen LogP contribution in [0.1, 0.15) is 19.8 Å². The van der Waals surface area contributed by atoms with Crippen molar-refractivity contribution < 1.29 is 14.4 Å². The molecule has 2 rings (SSSR count). The Morgan fingerprint density at radius 2 is 2.14 bits per heavy atom. The zero-order chi connectivity index (χ0) is 15.4. The number of nitrogens with zero attached hydrogens (tertiary/aromatic N) is 2. The molecule has 0 radical (unpaired) electrons. The van der Waals surface area contributed by atoms with Crippen molar-refractivity contribution in [3.8, 4) is 0 Å². The third-order valence-corrected chi connectivity index (χ3v) is 4.30. The molecule has 1 aliphatic rings. The summed E-state index contributed by atoms with van der Waals surface area (Å²) in [5.41, 5.74) is 0.471. The highest BCUT2D eigenvalue weighted by Crippen LogP contribution is 2.35. The first-order chi connectivity index (χ1) is 10.0. The maximum atomic E-state index is 11.9. The second kappa shape index (κ2) is 7.35. The number of rotatable bonds is 5. The highest BCUT2D eigenvalue weighted by Gasteiger charge is 2.34. The number of hydrogen-bond acceptors (Lipinski definition) is 4. The van der Waals surface area contributed by atoms with E-state index in [4.69, 9.17) is 16.4 Å². The first-order valence-electron chi connectivity index (χ1n) is 6.24. The lowest BCUT2D eigenvalue weighted by Crippen LogP contribution is -2.52. The van der Waals surface area contributed by atoms with E-state index in [1.54, 1.807) is 18.2 Å². The Balaban J connectivity index is 2.14. The number of hydrogen-bond donors (Lipinski definition) is 1. The number of carbonyl (C=O) groups is 2. The standard InChI is InChI=1S/C12H13BrClN3O3S/c1-2-3-6-20-17-12(19)15-11(18)16(21-17)10-5-4-8(13)7-9(10)14/h4-5,7H,2-3,6H2,1H3,(H,15,18,19). The van der Waals surface area contributed by atoms with E-state index < -0.39 is 12.1 Å². The third-order valence-electron chi connectivity index (χ3n) is 2.55. The molecule has 0 atom stereocenters. The van der Waals surface area contributed by atoms with Crippen LogP contribution in [0.3, 0.4) is 0 Å². The van der Waals surface area contributed by atoms with E-state index in [-0.39, 0.29) is 0 Å². The van der Waals surface area contributed by atoms with Crippen LogP contribution in [0.5, 0.6) is 0 Å². The average Bonchev–Trinajstić information content (AvgIpc) is 2.42. The van der Waals surface area contributed by atoms with Gasteiger partial charge >= 0.3 is 12.1 Å². The van der Waals surface area contributed by atoms with Gasteiger partial charge in [-0.2, -0.15) is 0 Å². The molecule has 1 saturated heterocycles. The Kier molecular flexibility index (Phi) is 5.74. The molecule has 1 fully saturated rings. The number of benzene rings is 1. The maximum absolute atomic E-state index is 11.9. The number of carbonyl (C=O) groups excluding carboxylic acids is 2. The summed E-state index contributed by atoms with van der Waals surface area (Å²) in [6, 6.07) is 3.94. The van der Waals surface area contributed by atoms with Crippen molar-refractivity contribution in [1.82, 2.24) is 9.79 Å². The quantitative estimate of drug-likeness (QED) is 0.596. The van der Waals surface area contributed by atoms with Gasteiger partial charge < -0.3 is 0 Å². The van der Waals surface area contributed by atoms with E-state index in [2.05, 4.69) is 21.2 Å². The lowest BCUT2D eigenvalue weighted by Gasteiger charge is -2.32. The smallest absolute Gasteiger partial charge is 0.257 e. The maximum Gasteiger partial charge on any atom is 0.361 e. The molecule has 1 heterocycles. The highest BCUT2D eigenvalue weighted by molar-refractivity contribution is 9.10. The van der Waals surface area contributed by atoms with Crippen LogP contribution in [-0.4, -0.2) is 23.1 Å². The van der Waals surface area contributed by atoms with Crippen LogP contribution in [0.15, 0.2) is 22.7 Å². The first-order valence-corrected chi connectivity index (χ1v) is 8.14. The second-order valence-electron chi connectivity index (χ2n) is 4.15. The van der Waals surface area contributed by atoms with Gasteiger partial charge in [-0.3, -0.25) is 10.2 Å². The SMILES string of the molecule is CCCCON1SN(c2ccc(Br)cc2Cl)C(=O)NC1=O. The highest BCUT2D eigenvalue weighted by atomic mass is 79.9. The number of hydroxylamine groups is 1. The summed E-state index contributed by atoms with van der Waals surface area (Å²) >= 11 is 10.3. The number of halogens is 2. The topological polar surface area (TPSA) is 61.9 Å². The zero-order valence-corrected chi connectivity index (χ0v) is 14.3. The molecule has 0 unspecified atom stereocenters. The van der Waals surface area contributed by atoms with Crippen molar-refractivity contribution in [2.75, 3.05) is 10.9 Å². The average molecular weight is 395 g/mol. The summed E-state index contributed by atoms with van der Waals surface area (Å²) in [6.45, 7) is 2.41. The van der Waals surface area contributed by atoms with Crippen LogP contribution in [0, 0.1) is 0 Å². The summed E-state index contributed by atoms with van der Waals surface area (Å²) in [5.74, 6) is 0. The van der Waals surface area contributed by atoms with Gasteiger partial charge in [0.15, 0.2) is 0 Å². The minimum Gasteiger partial charge on any atom is -0.257 e. The van der Waals surface area contributed by atoms with Gasteiger partial charge in [-0.25, -0.2) is 13.9 Å². The number of nitrogens with one attached hydrogen (secondary N) is 1. The van der Waals surface area contributed by atoms with Gasteiger partial charge in [0.05, 0.1) is 17.3 Å². The normalized spacial score (nSPS) is 15.4. The fourth-order valence-electron chi connectivity index (χ4n) is 1.51. The molecule has 6 nitrogen and oxygen atoms in total. The predicted molar refractivity (Wildman–Crippen MR) is 85.8 cm³/mol. The van der Waals surface area contributed by atoms with E-state index >= 15 is 0 Å². The molecule has 4 amide bonds. The molecule has 1 aliphatic heterocycles.